The van der Waals surface area contributed by atoms with E-state index in [2.05, 4.69) is 13.8 Å². The van der Waals surface area contributed by atoms with Crippen molar-refractivity contribution in [2.75, 3.05) is 6.61 Å². The maximum Gasteiger partial charge on any atom is 0.0459 e. The Morgan fingerprint density at radius 3 is 1.39 bits per heavy atom. The molecule has 0 fully saturated rings. The van der Waals surface area contributed by atoms with Gasteiger partial charge in [-0.15, -0.1) is 0 Å². The molecule has 1 N–H and O–H groups in total. The summed E-state index contributed by atoms with van der Waals surface area (Å²) in [6, 6.07) is 0. The Bertz CT molecular complexity index is 145. The molecule has 1 heteroatoms. The minimum absolute atomic E-state index is 0.405. The van der Waals surface area contributed by atoms with Crippen LogP contribution in [0.5, 0.6) is 0 Å². The fourth-order valence-corrected chi connectivity index (χ4v) is 2.58. The number of aliphatic hydroxyl groups is 1. The summed E-state index contributed by atoms with van der Waals surface area (Å²) < 4.78 is 0. The molecule has 1 atom stereocenters. The molecule has 0 saturated heterocycles. The summed E-state index contributed by atoms with van der Waals surface area (Å²) in [5.74, 6) is 0.581. The van der Waals surface area contributed by atoms with Crippen LogP contribution in [0.4, 0.5) is 0 Å². The highest BCUT2D eigenvalue weighted by atomic mass is 16.3. The molecule has 0 amide bonds. The summed E-state index contributed by atoms with van der Waals surface area (Å²) in [6.07, 6.45) is 17.5. The molecular formula is C17H36O. The van der Waals surface area contributed by atoms with E-state index in [1.807, 2.05) is 0 Å². The monoisotopic (exact) mass is 256 g/mol. The normalized spacial score (nSPS) is 12.8. The van der Waals surface area contributed by atoms with Crippen molar-refractivity contribution >= 4 is 0 Å². The Kier molecular flexibility index (Phi) is 15.0. The van der Waals surface area contributed by atoms with Gasteiger partial charge in [-0.1, -0.05) is 84.5 Å². The molecule has 0 rings (SSSR count). The zero-order valence-electron chi connectivity index (χ0n) is 12.9. The van der Waals surface area contributed by atoms with Gasteiger partial charge in [0.25, 0.3) is 0 Å². The first kappa shape index (κ1) is 18.0. The Labute approximate surface area is 115 Å². The van der Waals surface area contributed by atoms with Crippen LogP contribution in [-0.2, 0) is 0 Å². The molecule has 0 aromatic rings. The van der Waals surface area contributed by atoms with E-state index in [4.69, 9.17) is 0 Å². The van der Waals surface area contributed by atoms with E-state index in [0.717, 1.165) is 0 Å². The van der Waals surface area contributed by atoms with Crippen molar-refractivity contribution in [1.82, 2.24) is 0 Å². The first-order valence-corrected chi connectivity index (χ1v) is 8.46. The molecular weight excluding hydrogens is 220 g/mol. The summed E-state index contributed by atoms with van der Waals surface area (Å²) in [5, 5.41) is 9.37. The molecule has 18 heavy (non-hydrogen) atoms. The fraction of sp³-hybridized carbons (Fsp3) is 1.00. The SMILES string of the molecule is CCCCCCCCC(CO)CCCCCCC. The molecule has 0 radical (unpaired) electrons. The van der Waals surface area contributed by atoms with Crippen LogP contribution in [0.15, 0.2) is 0 Å². The van der Waals surface area contributed by atoms with Gasteiger partial charge in [-0.2, -0.15) is 0 Å². The first-order valence-electron chi connectivity index (χ1n) is 8.46. The largest absolute Gasteiger partial charge is 0.396 e. The molecule has 0 aliphatic heterocycles. The van der Waals surface area contributed by atoms with Crippen molar-refractivity contribution in [3.63, 3.8) is 0 Å². The van der Waals surface area contributed by atoms with Crippen molar-refractivity contribution in [3.8, 4) is 0 Å². The molecule has 0 heterocycles. The van der Waals surface area contributed by atoms with Crippen molar-refractivity contribution in [2.45, 2.75) is 97.3 Å². The van der Waals surface area contributed by atoms with E-state index in [-0.39, 0.29) is 0 Å². The van der Waals surface area contributed by atoms with Gasteiger partial charge >= 0.3 is 0 Å². The van der Waals surface area contributed by atoms with Gasteiger partial charge in [-0.05, 0) is 18.8 Å². The van der Waals surface area contributed by atoms with Gasteiger partial charge in [-0.3, -0.25) is 0 Å². The van der Waals surface area contributed by atoms with Gasteiger partial charge in [0.2, 0.25) is 0 Å². The number of unbranched alkanes of at least 4 members (excludes halogenated alkanes) is 9. The van der Waals surface area contributed by atoms with E-state index in [0.29, 0.717) is 12.5 Å². The molecule has 0 saturated carbocycles. The fourth-order valence-electron chi connectivity index (χ4n) is 2.58. The van der Waals surface area contributed by atoms with Gasteiger partial charge < -0.3 is 5.11 Å². The average Bonchev–Trinajstić information content (AvgIpc) is 2.40. The maximum atomic E-state index is 9.37. The lowest BCUT2D eigenvalue weighted by Crippen LogP contribution is -2.06. The van der Waals surface area contributed by atoms with E-state index < -0.39 is 0 Å². The lowest BCUT2D eigenvalue weighted by atomic mass is 9.95. The lowest BCUT2D eigenvalue weighted by Gasteiger charge is -2.13. The number of hydrogen-bond donors (Lipinski definition) is 1. The Hall–Kier alpha value is -0.0400. The van der Waals surface area contributed by atoms with Crippen LogP contribution in [0.2, 0.25) is 0 Å². The molecule has 0 bridgehead atoms. The predicted molar refractivity (Wildman–Crippen MR) is 81.9 cm³/mol. The second-order valence-corrected chi connectivity index (χ2v) is 5.81. The van der Waals surface area contributed by atoms with E-state index >= 15 is 0 Å². The number of aliphatic hydroxyl groups excluding tert-OH is 1. The third-order valence-corrected chi connectivity index (χ3v) is 3.94. The predicted octanol–water partition coefficient (Wildman–Crippen LogP) is 5.71. The molecule has 1 unspecified atom stereocenters. The minimum atomic E-state index is 0.405. The lowest BCUT2D eigenvalue weighted by molar-refractivity contribution is 0.204. The highest BCUT2D eigenvalue weighted by molar-refractivity contribution is 4.59. The van der Waals surface area contributed by atoms with Crippen molar-refractivity contribution < 1.29 is 5.11 Å². The van der Waals surface area contributed by atoms with E-state index in [1.54, 1.807) is 0 Å². The quantitative estimate of drug-likeness (QED) is 0.395. The summed E-state index contributed by atoms with van der Waals surface area (Å²) in [5.41, 5.74) is 0. The summed E-state index contributed by atoms with van der Waals surface area (Å²) in [6.45, 7) is 4.93. The highest BCUT2D eigenvalue weighted by Crippen LogP contribution is 2.18. The van der Waals surface area contributed by atoms with Gasteiger partial charge in [0.15, 0.2) is 0 Å². The zero-order chi connectivity index (χ0) is 13.5. The molecule has 0 aromatic carbocycles. The van der Waals surface area contributed by atoms with Crippen LogP contribution < -0.4 is 0 Å². The smallest absolute Gasteiger partial charge is 0.0459 e. The van der Waals surface area contributed by atoms with Crippen LogP contribution >= 0.6 is 0 Å². The molecule has 110 valence electrons. The van der Waals surface area contributed by atoms with Crippen molar-refractivity contribution in [1.29, 1.82) is 0 Å². The summed E-state index contributed by atoms with van der Waals surface area (Å²) >= 11 is 0. The van der Waals surface area contributed by atoms with Crippen LogP contribution in [0.1, 0.15) is 97.3 Å². The van der Waals surface area contributed by atoms with Crippen molar-refractivity contribution in [2.24, 2.45) is 5.92 Å². The minimum Gasteiger partial charge on any atom is -0.396 e. The van der Waals surface area contributed by atoms with Crippen molar-refractivity contribution in [3.05, 3.63) is 0 Å². The van der Waals surface area contributed by atoms with Gasteiger partial charge in [0, 0.05) is 6.61 Å². The first-order chi connectivity index (χ1) is 8.85. The van der Waals surface area contributed by atoms with E-state index in [1.165, 1.54) is 83.5 Å². The van der Waals surface area contributed by atoms with Gasteiger partial charge in [-0.25, -0.2) is 0 Å². The summed E-state index contributed by atoms with van der Waals surface area (Å²) in [7, 11) is 0. The average molecular weight is 256 g/mol. The molecule has 0 spiro atoms. The molecule has 0 aromatic heterocycles. The van der Waals surface area contributed by atoms with Gasteiger partial charge in [0.05, 0.1) is 0 Å². The Balaban J connectivity index is 3.29. The second-order valence-electron chi connectivity index (χ2n) is 5.81. The zero-order valence-corrected chi connectivity index (χ0v) is 12.9. The summed E-state index contributed by atoms with van der Waals surface area (Å²) in [4.78, 5) is 0. The molecule has 1 nitrogen and oxygen atoms in total. The van der Waals surface area contributed by atoms with Gasteiger partial charge in [0.1, 0.15) is 0 Å². The number of rotatable bonds is 14. The third-order valence-electron chi connectivity index (χ3n) is 3.94. The third kappa shape index (κ3) is 12.4. The Morgan fingerprint density at radius 1 is 0.611 bits per heavy atom. The standard InChI is InChI=1S/C17H36O/c1-3-5-7-9-11-13-15-17(16-18)14-12-10-8-6-4-2/h17-18H,3-16H2,1-2H3. The number of hydrogen-bond acceptors (Lipinski definition) is 1. The van der Waals surface area contributed by atoms with Crippen LogP contribution in [0.25, 0.3) is 0 Å². The maximum absolute atomic E-state index is 9.37. The highest BCUT2D eigenvalue weighted by Gasteiger charge is 2.06. The van der Waals surface area contributed by atoms with Crippen LogP contribution in [0, 0.1) is 5.92 Å². The van der Waals surface area contributed by atoms with Crippen LogP contribution in [-0.4, -0.2) is 11.7 Å². The second kappa shape index (κ2) is 15.0. The molecule has 0 aliphatic carbocycles. The molecule has 0 aliphatic rings. The van der Waals surface area contributed by atoms with E-state index in [9.17, 15) is 5.11 Å². The topological polar surface area (TPSA) is 20.2 Å². The Morgan fingerprint density at radius 2 is 1.00 bits per heavy atom. The van der Waals surface area contributed by atoms with Crippen LogP contribution in [0.3, 0.4) is 0 Å².